The Bertz CT molecular complexity index is 1070. The molecule has 1 N–H and O–H groups in total. The summed E-state index contributed by atoms with van der Waals surface area (Å²) >= 11 is 0. The lowest BCUT2D eigenvalue weighted by Gasteiger charge is -2.29. The number of hydrogen-bond donors (Lipinski definition) is 1. The van der Waals surface area contributed by atoms with Crippen LogP contribution in [0.4, 0.5) is 0 Å². The van der Waals surface area contributed by atoms with E-state index in [1.54, 1.807) is 24.3 Å². The van der Waals surface area contributed by atoms with Gasteiger partial charge in [0.1, 0.15) is 4.90 Å². The first-order chi connectivity index (χ1) is 15.8. The van der Waals surface area contributed by atoms with Gasteiger partial charge in [0.25, 0.3) is 5.91 Å². The summed E-state index contributed by atoms with van der Waals surface area (Å²) in [5, 5.41) is 2.69. The van der Waals surface area contributed by atoms with Crippen molar-refractivity contribution in [3.63, 3.8) is 0 Å². The minimum atomic E-state index is -3.64. The molecule has 0 spiro atoms. The number of methoxy groups -OCH3 is 2. The molecular weight excluding hydrogens is 450 g/mol. The van der Waals surface area contributed by atoms with Gasteiger partial charge in [0, 0.05) is 32.0 Å². The first-order valence-corrected chi connectivity index (χ1v) is 11.8. The van der Waals surface area contributed by atoms with Crippen LogP contribution in [-0.4, -0.2) is 63.5 Å². The third-order valence-electron chi connectivity index (χ3n) is 5.34. The molecule has 0 aliphatic carbocycles. The normalized spacial score (nSPS) is 15.0. The number of pyridine rings is 1. The third-order valence-corrected chi connectivity index (χ3v) is 7.22. The molecule has 1 fully saturated rings. The molecule has 1 aliphatic rings. The van der Waals surface area contributed by atoms with E-state index in [0.717, 1.165) is 5.56 Å². The average Bonchev–Trinajstić information content (AvgIpc) is 2.86. The average molecular weight is 478 g/mol. The van der Waals surface area contributed by atoms with Gasteiger partial charge in [-0.15, -0.1) is 0 Å². The van der Waals surface area contributed by atoms with Crippen molar-refractivity contribution >= 4 is 21.9 Å². The second-order valence-corrected chi connectivity index (χ2v) is 9.38. The van der Waals surface area contributed by atoms with Crippen molar-refractivity contribution in [1.29, 1.82) is 0 Å². The van der Waals surface area contributed by atoms with Gasteiger partial charge >= 0.3 is 5.97 Å². The fourth-order valence-electron chi connectivity index (χ4n) is 3.48. The van der Waals surface area contributed by atoms with Crippen molar-refractivity contribution in [3.8, 4) is 11.5 Å². The number of esters is 1. The van der Waals surface area contributed by atoms with Crippen LogP contribution in [0.2, 0.25) is 0 Å². The number of carbonyl (C=O) groups excluding carboxylic acids is 2. The number of aromatic nitrogens is 1. The van der Waals surface area contributed by atoms with Gasteiger partial charge in [0.15, 0.2) is 18.1 Å². The standard InChI is InChI=1S/C22H27N3O7S/c1-30-19-6-5-16(12-20(19)31-2)13-24-21(26)15-32-22(27)17-7-10-25(11-8-17)33(28,29)18-4-3-9-23-14-18/h3-6,9,12,14,17H,7-8,10-11,13,15H2,1-2H3,(H,24,26). The molecule has 1 aliphatic heterocycles. The third kappa shape index (κ3) is 6.20. The molecule has 1 amide bonds. The Labute approximate surface area is 192 Å². The molecule has 3 rings (SSSR count). The molecule has 1 aromatic heterocycles. The molecule has 2 heterocycles. The highest BCUT2D eigenvalue weighted by Gasteiger charge is 2.33. The smallest absolute Gasteiger partial charge is 0.309 e. The molecule has 11 heteroatoms. The lowest BCUT2D eigenvalue weighted by molar-refractivity contribution is -0.153. The van der Waals surface area contributed by atoms with Crippen LogP contribution < -0.4 is 14.8 Å². The molecule has 1 saturated heterocycles. The van der Waals surface area contributed by atoms with Crippen molar-refractivity contribution in [2.24, 2.45) is 5.92 Å². The second-order valence-electron chi connectivity index (χ2n) is 7.44. The number of ether oxygens (including phenoxy) is 3. The Morgan fingerprint density at radius 2 is 1.85 bits per heavy atom. The van der Waals surface area contributed by atoms with Gasteiger partial charge < -0.3 is 19.5 Å². The van der Waals surface area contributed by atoms with Crippen LogP contribution in [0.5, 0.6) is 11.5 Å². The van der Waals surface area contributed by atoms with Crippen LogP contribution >= 0.6 is 0 Å². The van der Waals surface area contributed by atoms with Crippen LogP contribution in [0, 0.1) is 5.92 Å². The van der Waals surface area contributed by atoms with E-state index in [1.807, 2.05) is 0 Å². The summed E-state index contributed by atoms with van der Waals surface area (Å²) in [5.41, 5.74) is 0.800. The molecule has 1 aromatic carbocycles. The molecule has 2 aromatic rings. The Hall–Kier alpha value is -3.18. The largest absolute Gasteiger partial charge is 0.493 e. The van der Waals surface area contributed by atoms with Crippen LogP contribution in [0.3, 0.4) is 0 Å². The number of nitrogens with zero attached hydrogens (tertiary/aromatic N) is 2. The van der Waals surface area contributed by atoms with Gasteiger partial charge in [-0.25, -0.2) is 8.42 Å². The Morgan fingerprint density at radius 3 is 2.48 bits per heavy atom. The monoisotopic (exact) mass is 477 g/mol. The zero-order chi connectivity index (χ0) is 23.8. The van der Waals surface area contributed by atoms with E-state index < -0.39 is 34.4 Å². The number of hydrogen-bond acceptors (Lipinski definition) is 8. The van der Waals surface area contributed by atoms with E-state index in [2.05, 4.69) is 10.3 Å². The highest BCUT2D eigenvalue weighted by atomic mass is 32.2. The SMILES string of the molecule is COc1ccc(CNC(=O)COC(=O)C2CCN(S(=O)(=O)c3cccnc3)CC2)cc1OC. The Balaban J connectivity index is 1.43. The summed E-state index contributed by atoms with van der Waals surface area (Å²) in [6.07, 6.45) is 3.46. The summed E-state index contributed by atoms with van der Waals surface area (Å²) in [4.78, 5) is 28.4. The van der Waals surface area contributed by atoms with E-state index in [4.69, 9.17) is 14.2 Å². The Morgan fingerprint density at radius 1 is 1.12 bits per heavy atom. The molecule has 178 valence electrons. The number of piperidine rings is 1. The molecule has 0 atom stereocenters. The molecular formula is C22H27N3O7S. The molecule has 33 heavy (non-hydrogen) atoms. The number of nitrogens with one attached hydrogen (secondary N) is 1. The van der Waals surface area contributed by atoms with Gasteiger partial charge in [0.05, 0.1) is 20.1 Å². The maximum atomic E-state index is 12.6. The predicted octanol–water partition coefficient (Wildman–Crippen LogP) is 1.36. The topological polar surface area (TPSA) is 124 Å². The van der Waals surface area contributed by atoms with Crippen LogP contribution in [0.1, 0.15) is 18.4 Å². The Kier molecular flexibility index (Phi) is 8.23. The first kappa shape index (κ1) is 24.5. The summed E-state index contributed by atoms with van der Waals surface area (Å²) in [7, 11) is -0.577. The zero-order valence-electron chi connectivity index (χ0n) is 18.5. The van der Waals surface area contributed by atoms with E-state index in [1.165, 1.54) is 37.0 Å². The fourth-order valence-corrected chi connectivity index (χ4v) is 4.91. The van der Waals surface area contributed by atoms with Gasteiger partial charge in [0.2, 0.25) is 10.0 Å². The summed E-state index contributed by atoms with van der Waals surface area (Å²) in [6.45, 7) is 0.229. The van der Waals surface area contributed by atoms with E-state index in [-0.39, 0.29) is 24.5 Å². The van der Waals surface area contributed by atoms with E-state index in [9.17, 15) is 18.0 Å². The number of sulfonamides is 1. The summed E-state index contributed by atoms with van der Waals surface area (Å²) < 4.78 is 42.2. The number of carbonyl (C=O) groups is 2. The minimum Gasteiger partial charge on any atom is -0.493 e. The lowest BCUT2D eigenvalue weighted by Crippen LogP contribution is -2.41. The van der Waals surface area contributed by atoms with E-state index >= 15 is 0 Å². The minimum absolute atomic E-state index is 0.122. The first-order valence-electron chi connectivity index (χ1n) is 10.4. The van der Waals surface area contributed by atoms with Crippen LogP contribution in [0.25, 0.3) is 0 Å². The molecule has 0 bridgehead atoms. The quantitative estimate of drug-likeness (QED) is 0.537. The highest BCUT2D eigenvalue weighted by Crippen LogP contribution is 2.27. The van der Waals surface area contributed by atoms with Crippen molar-refractivity contribution in [2.45, 2.75) is 24.3 Å². The van der Waals surface area contributed by atoms with Gasteiger partial charge in [-0.05, 0) is 42.7 Å². The summed E-state index contributed by atoms with van der Waals surface area (Å²) in [6, 6.07) is 8.33. The lowest BCUT2D eigenvalue weighted by atomic mass is 9.98. The molecule has 0 saturated carbocycles. The predicted molar refractivity (Wildman–Crippen MR) is 118 cm³/mol. The van der Waals surface area contributed by atoms with Crippen LogP contribution in [-0.2, 0) is 30.9 Å². The molecule has 0 unspecified atom stereocenters. The maximum absolute atomic E-state index is 12.6. The van der Waals surface area contributed by atoms with Crippen LogP contribution in [0.15, 0.2) is 47.6 Å². The van der Waals surface area contributed by atoms with Crippen molar-refractivity contribution < 1.29 is 32.2 Å². The molecule has 10 nitrogen and oxygen atoms in total. The number of amides is 1. The van der Waals surface area contributed by atoms with Crippen molar-refractivity contribution in [2.75, 3.05) is 33.9 Å². The summed E-state index contributed by atoms with van der Waals surface area (Å²) in [5.74, 6) is -0.262. The zero-order valence-corrected chi connectivity index (χ0v) is 19.3. The molecule has 0 radical (unpaired) electrons. The van der Waals surface area contributed by atoms with Gasteiger partial charge in [-0.1, -0.05) is 6.07 Å². The maximum Gasteiger partial charge on any atom is 0.309 e. The van der Waals surface area contributed by atoms with E-state index in [0.29, 0.717) is 24.3 Å². The van der Waals surface area contributed by atoms with Gasteiger partial charge in [-0.3, -0.25) is 14.6 Å². The highest BCUT2D eigenvalue weighted by molar-refractivity contribution is 7.89. The van der Waals surface area contributed by atoms with Gasteiger partial charge in [-0.2, -0.15) is 4.31 Å². The number of rotatable bonds is 9. The second kappa shape index (κ2) is 11.1. The number of benzene rings is 1. The van der Waals surface area contributed by atoms with Crippen molar-refractivity contribution in [1.82, 2.24) is 14.6 Å². The van der Waals surface area contributed by atoms with Crippen molar-refractivity contribution in [3.05, 3.63) is 48.3 Å². The fraction of sp³-hybridized carbons (Fsp3) is 0.409.